The molecule has 4 aromatic rings. The van der Waals surface area contributed by atoms with Crippen molar-refractivity contribution in [2.45, 2.75) is 25.2 Å². The molecule has 0 amide bonds. The van der Waals surface area contributed by atoms with E-state index in [4.69, 9.17) is 19.6 Å². The maximum Gasteiger partial charge on any atom is 0.238 e. The van der Waals surface area contributed by atoms with Crippen LogP contribution in [0.15, 0.2) is 75.2 Å². The lowest BCUT2D eigenvalue weighted by Crippen LogP contribution is -2.13. The summed E-state index contributed by atoms with van der Waals surface area (Å²) in [6.45, 7) is 4.99. The Bertz CT molecular complexity index is 1680. The summed E-state index contributed by atoms with van der Waals surface area (Å²) >= 11 is 3.63. The number of aliphatic imine (C=N–C) groups is 1. The van der Waals surface area contributed by atoms with Crippen molar-refractivity contribution in [2.75, 3.05) is 25.6 Å². The quantitative estimate of drug-likeness (QED) is 0.247. The molecule has 3 heterocycles. The number of hydrogen-bond acceptors (Lipinski definition) is 7. The van der Waals surface area contributed by atoms with E-state index >= 15 is 0 Å². The van der Waals surface area contributed by atoms with Crippen molar-refractivity contribution in [1.29, 1.82) is 0 Å². The van der Waals surface area contributed by atoms with Gasteiger partial charge in [0.05, 0.1) is 33.1 Å². The summed E-state index contributed by atoms with van der Waals surface area (Å²) in [4.78, 5) is 9.70. The zero-order valence-electron chi connectivity index (χ0n) is 21.7. The number of rotatable bonds is 9. The molecule has 0 unspecified atom stereocenters. The van der Waals surface area contributed by atoms with E-state index in [2.05, 4.69) is 32.3 Å². The summed E-state index contributed by atoms with van der Waals surface area (Å²) in [5, 5.41) is 8.83. The molecule has 5 rings (SSSR count). The molecular formula is C28H28BrN5O4S. The lowest BCUT2D eigenvalue weighted by atomic mass is 10.1. The van der Waals surface area contributed by atoms with Crippen LogP contribution in [0.5, 0.6) is 5.75 Å². The second-order valence-corrected chi connectivity index (χ2v) is 11.6. The molecule has 0 radical (unpaired) electrons. The molecule has 3 N–H and O–H groups in total. The average Bonchev–Trinajstić information content (AvgIpc) is 3.46. The van der Waals surface area contributed by atoms with Crippen molar-refractivity contribution in [1.82, 2.24) is 9.55 Å². The van der Waals surface area contributed by atoms with E-state index in [0.717, 1.165) is 61.3 Å². The monoisotopic (exact) mass is 609 g/mol. The van der Waals surface area contributed by atoms with E-state index in [1.165, 1.54) is 6.07 Å². The van der Waals surface area contributed by atoms with Crippen molar-refractivity contribution < 1.29 is 17.9 Å². The molecule has 11 heteroatoms. The Morgan fingerprint density at radius 3 is 2.59 bits per heavy atom. The fraction of sp³-hybridized carbons (Fsp3) is 0.214. The number of primary sulfonamides is 1. The highest BCUT2D eigenvalue weighted by Gasteiger charge is 2.25. The summed E-state index contributed by atoms with van der Waals surface area (Å²) in [5.74, 6) is 0.766. The van der Waals surface area contributed by atoms with Crippen LogP contribution in [0.25, 0.3) is 5.69 Å². The van der Waals surface area contributed by atoms with Crippen LogP contribution in [0.2, 0.25) is 0 Å². The van der Waals surface area contributed by atoms with Crippen LogP contribution in [0.1, 0.15) is 22.6 Å². The Morgan fingerprint density at radius 1 is 1.10 bits per heavy atom. The zero-order valence-corrected chi connectivity index (χ0v) is 24.1. The molecule has 0 saturated heterocycles. The van der Waals surface area contributed by atoms with Gasteiger partial charge in [-0.2, -0.15) is 0 Å². The molecule has 1 aliphatic heterocycles. The minimum Gasteiger partial charge on any atom is -0.491 e. The number of hydrogen-bond donors (Lipinski definition) is 2. The van der Waals surface area contributed by atoms with E-state index in [9.17, 15) is 8.42 Å². The molecule has 2 aromatic carbocycles. The summed E-state index contributed by atoms with van der Waals surface area (Å²) in [5.41, 5.74) is 7.86. The standard InChI is InChI=1S/C28H28BrN5O4S/c1-17-13-23(18(2)34(17)20-5-4-6-22(14-20)39(30,35)36)25-15-26-28(33-25)27(24(29)16-31-26)32-19-7-9-21(10-8-19)38-12-11-37-3/h4-10,13-14,16H,11-12,15H2,1-3H3,(H,31,32)(H2,30,35,36). The molecule has 1 aliphatic rings. The number of aromatic nitrogens is 2. The van der Waals surface area contributed by atoms with Gasteiger partial charge >= 0.3 is 0 Å². The van der Waals surface area contributed by atoms with Crippen LogP contribution in [0, 0.1) is 13.8 Å². The molecule has 2 aromatic heterocycles. The number of fused-ring (bicyclic) bond motifs is 1. The Labute approximate surface area is 235 Å². The van der Waals surface area contributed by atoms with Crippen molar-refractivity contribution in [3.63, 3.8) is 0 Å². The van der Waals surface area contributed by atoms with Crippen LogP contribution in [-0.2, 0) is 21.2 Å². The first kappa shape index (κ1) is 27.1. The van der Waals surface area contributed by atoms with Crippen molar-refractivity contribution >= 4 is 48.7 Å². The number of nitrogens with one attached hydrogen (secondary N) is 1. The third-order valence-corrected chi connectivity index (χ3v) is 8.00. The lowest BCUT2D eigenvalue weighted by Gasteiger charge is -2.12. The average molecular weight is 611 g/mol. The van der Waals surface area contributed by atoms with Crippen LogP contribution >= 0.6 is 15.9 Å². The second-order valence-electron chi connectivity index (χ2n) is 9.16. The number of sulfonamides is 1. The summed E-state index contributed by atoms with van der Waals surface area (Å²) in [6, 6.07) is 16.4. The van der Waals surface area contributed by atoms with E-state index < -0.39 is 10.0 Å². The number of nitrogens with two attached hydrogens (primary N) is 1. The second kappa shape index (κ2) is 10.9. The molecular weight excluding hydrogens is 582 g/mol. The number of ether oxygens (including phenoxy) is 2. The van der Waals surface area contributed by atoms with Crippen molar-refractivity contribution in [2.24, 2.45) is 10.1 Å². The van der Waals surface area contributed by atoms with Gasteiger partial charge < -0.3 is 19.4 Å². The van der Waals surface area contributed by atoms with Crippen molar-refractivity contribution in [3.05, 3.63) is 87.9 Å². The Morgan fingerprint density at radius 2 is 1.87 bits per heavy atom. The van der Waals surface area contributed by atoms with E-state index in [-0.39, 0.29) is 4.90 Å². The molecule has 0 bridgehead atoms. The molecule has 202 valence electrons. The Hall–Kier alpha value is -3.51. The number of aryl methyl sites for hydroxylation is 1. The summed E-state index contributed by atoms with van der Waals surface area (Å²) in [7, 11) is -2.17. The van der Waals surface area contributed by atoms with Crippen LogP contribution < -0.4 is 15.2 Å². The van der Waals surface area contributed by atoms with Gasteiger partial charge in [0.2, 0.25) is 10.0 Å². The third kappa shape index (κ3) is 5.62. The van der Waals surface area contributed by atoms with Gasteiger partial charge in [0.1, 0.15) is 18.0 Å². The van der Waals surface area contributed by atoms with Crippen molar-refractivity contribution in [3.8, 4) is 11.4 Å². The maximum atomic E-state index is 11.9. The van der Waals surface area contributed by atoms with Gasteiger partial charge in [-0.15, -0.1) is 0 Å². The maximum absolute atomic E-state index is 11.9. The smallest absolute Gasteiger partial charge is 0.238 e. The molecule has 0 fully saturated rings. The van der Waals surface area contributed by atoms with Crippen LogP contribution in [0.3, 0.4) is 0 Å². The topological polar surface area (TPSA) is 121 Å². The predicted molar refractivity (Wildman–Crippen MR) is 156 cm³/mol. The zero-order chi connectivity index (χ0) is 27.7. The van der Waals surface area contributed by atoms with Gasteiger partial charge in [-0.3, -0.25) is 4.98 Å². The molecule has 9 nitrogen and oxygen atoms in total. The predicted octanol–water partition coefficient (Wildman–Crippen LogP) is 5.34. The fourth-order valence-corrected chi connectivity index (χ4v) is 5.59. The molecule has 0 saturated carbocycles. The van der Waals surface area contributed by atoms with E-state index in [0.29, 0.717) is 19.6 Å². The molecule has 0 aliphatic carbocycles. The van der Waals surface area contributed by atoms with Gasteiger partial charge in [-0.25, -0.2) is 18.5 Å². The number of benzene rings is 2. The van der Waals surface area contributed by atoms with Gasteiger partial charge in [-0.05, 0) is 78.3 Å². The highest BCUT2D eigenvalue weighted by molar-refractivity contribution is 9.10. The normalized spacial score (nSPS) is 12.8. The lowest BCUT2D eigenvalue weighted by molar-refractivity contribution is 0.146. The minimum atomic E-state index is -3.82. The minimum absolute atomic E-state index is 0.0685. The molecule has 0 atom stereocenters. The largest absolute Gasteiger partial charge is 0.491 e. The van der Waals surface area contributed by atoms with Gasteiger partial charge in [0.15, 0.2) is 0 Å². The number of pyridine rings is 1. The first-order valence-corrected chi connectivity index (χ1v) is 14.6. The van der Waals surface area contributed by atoms with E-state index in [1.54, 1.807) is 25.4 Å². The highest BCUT2D eigenvalue weighted by Crippen LogP contribution is 2.41. The molecule has 39 heavy (non-hydrogen) atoms. The number of methoxy groups -OCH3 is 1. The van der Waals surface area contributed by atoms with Crippen LogP contribution in [-0.4, -0.2) is 44.0 Å². The molecule has 0 spiro atoms. The number of halogens is 1. The number of anilines is 2. The summed E-state index contributed by atoms with van der Waals surface area (Å²) < 4.78 is 37.3. The first-order valence-electron chi connectivity index (χ1n) is 12.2. The SMILES string of the molecule is COCCOc1ccc(Nc2c(Br)cnc3c2N=C(c2cc(C)n(-c4cccc(S(N)(=O)=O)c4)c2C)C3)cc1. The summed E-state index contributed by atoms with van der Waals surface area (Å²) in [6.07, 6.45) is 2.36. The van der Waals surface area contributed by atoms with Gasteiger partial charge in [0, 0.05) is 48.1 Å². The van der Waals surface area contributed by atoms with E-state index in [1.807, 2.05) is 48.7 Å². The highest BCUT2D eigenvalue weighted by atomic mass is 79.9. The van der Waals surface area contributed by atoms with Gasteiger partial charge in [-0.1, -0.05) is 6.07 Å². The van der Waals surface area contributed by atoms with Gasteiger partial charge in [0.25, 0.3) is 0 Å². The Kier molecular flexibility index (Phi) is 7.59. The fourth-order valence-electron chi connectivity index (χ4n) is 4.65. The van der Waals surface area contributed by atoms with Crippen LogP contribution in [0.4, 0.5) is 17.1 Å². The Balaban J connectivity index is 1.45. The number of nitrogens with zero attached hydrogens (tertiary/aromatic N) is 3. The third-order valence-electron chi connectivity index (χ3n) is 6.49. The first-order chi connectivity index (χ1) is 18.7.